The Morgan fingerprint density at radius 2 is 2.00 bits per heavy atom. The summed E-state index contributed by atoms with van der Waals surface area (Å²) in [5, 5.41) is 10.2. The van der Waals surface area contributed by atoms with E-state index in [1.807, 2.05) is 6.07 Å². The molecule has 0 spiro atoms. The Morgan fingerprint density at radius 3 is 2.64 bits per heavy atom. The number of Topliss-reactive ketones (excluding diaryl/α,β-unsaturated/α-hetero) is 1. The molecule has 1 saturated heterocycles. The summed E-state index contributed by atoms with van der Waals surface area (Å²) in [6.07, 6.45) is -0.136. The number of nitrogens with one attached hydrogen (secondary N) is 1. The largest absolute Gasteiger partial charge is 0.490 e. The lowest BCUT2D eigenvalue weighted by Crippen LogP contribution is -3.16. The van der Waals surface area contributed by atoms with Gasteiger partial charge in [0.05, 0.1) is 5.56 Å². The molecule has 3 atom stereocenters. The van der Waals surface area contributed by atoms with Gasteiger partial charge in [0.15, 0.2) is 5.78 Å². The summed E-state index contributed by atoms with van der Waals surface area (Å²) in [6.45, 7) is 8.23. The second kappa shape index (κ2) is 7.72. The Kier molecular flexibility index (Phi) is 5.94. The van der Waals surface area contributed by atoms with Crippen molar-refractivity contribution in [3.8, 4) is 5.75 Å². The minimum atomic E-state index is -0.562. The van der Waals surface area contributed by atoms with Gasteiger partial charge in [0.1, 0.15) is 50.3 Å². The molecule has 0 bridgehead atoms. The van der Waals surface area contributed by atoms with Crippen LogP contribution in [0.5, 0.6) is 5.75 Å². The van der Waals surface area contributed by atoms with Gasteiger partial charge in [0.25, 0.3) is 0 Å². The molecule has 0 unspecified atom stereocenters. The maximum Gasteiger partial charge on any atom is 0.163 e. The summed E-state index contributed by atoms with van der Waals surface area (Å²) in [7, 11) is 0. The van der Waals surface area contributed by atoms with Crippen molar-refractivity contribution < 1.29 is 24.3 Å². The normalized spacial score (nSPS) is 26.5. The number of aliphatic hydroxyl groups is 1. The highest BCUT2D eigenvalue weighted by atomic mass is 16.5. The third-order valence-electron chi connectivity index (χ3n) is 3.84. The Labute approximate surface area is 131 Å². The predicted molar refractivity (Wildman–Crippen MR) is 83.5 cm³/mol. The van der Waals surface area contributed by atoms with Crippen molar-refractivity contribution in [1.82, 2.24) is 0 Å². The summed E-state index contributed by atoms with van der Waals surface area (Å²) in [5.41, 5.74) is 0.552. The van der Waals surface area contributed by atoms with Crippen molar-refractivity contribution in [1.29, 1.82) is 0 Å². The zero-order chi connectivity index (χ0) is 16.1. The maximum absolute atomic E-state index is 11.5. The van der Waals surface area contributed by atoms with Crippen molar-refractivity contribution >= 4 is 5.78 Å². The van der Waals surface area contributed by atoms with Crippen LogP contribution >= 0.6 is 0 Å². The number of ketones is 1. The van der Waals surface area contributed by atoms with Crippen LogP contribution in [-0.4, -0.2) is 55.4 Å². The van der Waals surface area contributed by atoms with Gasteiger partial charge in [0, 0.05) is 0 Å². The van der Waals surface area contributed by atoms with E-state index in [-0.39, 0.29) is 24.6 Å². The van der Waals surface area contributed by atoms with Crippen molar-refractivity contribution in [2.75, 3.05) is 26.2 Å². The maximum atomic E-state index is 11.5. The minimum Gasteiger partial charge on any atom is -0.490 e. The molecule has 0 aliphatic carbocycles. The molecule has 0 aromatic heterocycles. The first kappa shape index (κ1) is 16.9. The van der Waals surface area contributed by atoms with Crippen LogP contribution in [0.3, 0.4) is 0 Å². The molecule has 1 heterocycles. The highest BCUT2D eigenvalue weighted by Gasteiger charge is 2.27. The van der Waals surface area contributed by atoms with E-state index in [2.05, 4.69) is 13.8 Å². The number of hydrogen-bond donors (Lipinski definition) is 2. The fourth-order valence-corrected chi connectivity index (χ4v) is 3.02. The van der Waals surface area contributed by atoms with E-state index in [0.29, 0.717) is 17.9 Å². The first-order valence-electron chi connectivity index (χ1n) is 7.85. The fraction of sp³-hybridized carbons (Fsp3) is 0.588. The molecular formula is C17H26NO4+. The van der Waals surface area contributed by atoms with E-state index in [9.17, 15) is 9.90 Å². The molecule has 1 aromatic carbocycles. The van der Waals surface area contributed by atoms with Crippen LogP contribution in [0.1, 0.15) is 31.1 Å². The number of hydrogen-bond acceptors (Lipinski definition) is 4. The minimum absolute atomic E-state index is 0.0356. The molecule has 2 N–H and O–H groups in total. The quantitative estimate of drug-likeness (QED) is 0.743. The lowest BCUT2D eigenvalue weighted by molar-refractivity contribution is -0.918. The lowest BCUT2D eigenvalue weighted by Gasteiger charge is -2.33. The number of rotatable bonds is 6. The first-order valence-corrected chi connectivity index (χ1v) is 7.85. The Balaban J connectivity index is 1.85. The Hall–Kier alpha value is -1.43. The standard InChI is InChI=1S/C17H25NO4/c1-12-8-18(9-13(2)22-12)10-15(20)11-21-17-7-5-4-6-16(17)14(3)19/h4-7,12-13,15,20H,8-11H2,1-3H3/p+1/t12-,13-,15+/m1/s1. The van der Waals surface area contributed by atoms with Crippen molar-refractivity contribution in [3.05, 3.63) is 29.8 Å². The zero-order valence-corrected chi connectivity index (χ0v) is 13.5. The number of carbonyl (C=O) groups is 1. The SMILES string of the molecule is CC(=O)c1ccccc1OC[C@@H](O)C[NH+]1C[C@@H](C)O[C@H](C)C1. The third-order valence-corrected chi connectivity index (χ3v) is 3.84. The highest BCUT2D eigenvalue weighted by molar-refractivity contribution is 5.96. The monoisotopic (exact) mass is 308 g/mol. The summed E-state index contributed by atoms with van der Waals surface area (Å²) >= 11 is 0. The smallest absolute Gasteiger partial charge is 0.163 e. The van der Waals surface area contributed by atoms with Gasteiger partial charge in [-0.1, -0.05) is 12.1 Å². The van der Waals surface area contributed by atoms with Crippen LogP contribution in [0.15, 0.2) is 24.3 Å². The molecule has 1 aliphatic rings. The van der Waals surface area contributed by atoms with E-state index < -0.39 is 6.10 Å². The number of quaternary nitrogens is 1. The number of ether oxygens (including phenoxy) is 2. The van der Waals surface area contributed by atoms with E-state index in [0.717, 1.165) is 13.1 Å². The number of carbonyl (C=O) groups excluding carboxylic acids is 1. The van der Waals surface area contributed by atoms with Gasteiger partial charge < -0.3 is 19.5 Å². The molecule has 1 aliphatic heterocycles. The number of aliphatic hydroxyl groups excluding tert-OH is 1. The van der Waals surface area contributed by atoms with Crippen LogP contribution in [0, 0.1) is 0 Å². The highest BCUT2D eigenvalue weighted by Crippen LogP contribution is 2.18. The van der Waals surface area contributed by atoms with Gasteiger partial charge in [-0.25, -0.2) is 0 Å². The summed E-state index contributed by atoms with van der Waals surface area (Å²) in [6, 6.07) is 7.13. The Bertz CT molecular complexity index is 495. The van der Waals surface area contributed by atoms with Gasteiger partial charge >= 0.3 is 0 Å². The second-order valence-corrected chi connectivity index (χ2v) is 6.14. The van der Waals surface area contributed by atoms with E-state index in [4.69, 9.17) is 9.47 Å². The first-order chi connectivity index (χ1) is 10.5. The van der Waals surface area contributed by atoms with Crippen molar-refractivity contribution in [3.63, 3.8) is 0 Å². The fourth-order valence-electron chi connectivity index (χ4n) is 3.02. The van der Waals surface area contributed by atoms with Crippen LogP contribution in [0.25, 0.3) is 0 Å². The number of morpholine rings is 1. The van der Waals surface area contributed by atoms with Gasteiger partial charge in [-0.05, 0) is 32.9 Å². The van der Waals surface area contributed by atoms with Gasteiger partial charge in [-0.3, -0.25) is 4.79 Å². The van der Waals surface area contributed by atoms with E-state index >= 15 is 0 Å². The molecule has 1 aromatic rings. The second-order valence-electron chi connectivity index (χ2n) is 6.14. The van der Waals surface area contributed by atoms with Crippen molar-refractivity contribution in [2.24, 2.45) is 0 Å². The van der Waals surface area contributed by atoms with E-state index in [1.165, 1.54) is 11.8 Å². The number of para-hydroxylation sites is 1. The molecule has 2 rings (SSSR count). The van der Waals surface area contributed by atoms with Crippen LogP contribution in [0.2, 0.25) is 0 Å². The van der Waals surface area contributed by atoms with Gasteiger partial charge in [-0.15, -0.1) is 0 Å². The van der Waals surface area contributed by atoms with Crippen molar-refractivity contribution in [2.45, 2.75) is 39.1 Å². The molecular weight excluding hydrogens is 282 g/mol. The Morgan fingerprint density at radius 1 is 1.36 bits per heavy atom. The molecule has 0 radical (unpaired) electrons. The molecule has 1 fully saturated rings. The average molecular weight is 308 g/mol. The zero-order valence-electron chi connectivity index (χ0n) is 13.5. The summed E-state index contributed by atoms with van der Waals surface area (Å²) in [5.74, 6) is 0.499. The van der Waals surface area contributed by atoms with Gasteiger partial charge in [0.2, 0.25) is 0 Å². The summed E-state index contributed by atoms with van der Waals surface area (Å²) in [4.78, 5) is 12.9. The van der Waals surface area contributed by atoms with Crippen LogP contribution in [-0.2, 0) is 4.74 Å². The predicted octanol–water partition coefficient (Wildman–Crippen LogP) is 0.321. The molecule has 5 heteroatoms. The molecule has 122 valence electrons. The average Bonchev–Trinajstić information content (AvgIpc) is 2.44. The lowest BCUT2D eigenvalue weighted by atomic mass is 10.1. The van der Waals surface area contributed by atoms with Crippen LogP contribution < -0.4 is 9.64 Å². The molecule has 0 amide bonds. The molecule has 22 heavy (non-hydrogen) atoms. The number of benzene rings is 1. The van der Waals surface area contributed by atoms with Crippen LogP contribution in [0.4, 0.5) is 0 Å². The molecule has 5 nitrogen and oxygen atoms in total. The summed E-state index contributed by atoms with van der Waals surface area (Å²) < 4.78 is 11.3. The third kappa shape index (κ3) is 4.80. The topological polar surface area (TPSA) is 60.2 Å². The van der Waals surface area contributed by atoms with E-state index in [1.54, 1.807) is 18.2 Å². The molecule has 0 saturated carbocycles. The van der Waals surface area contributed by atoms with Gasteiger partial charge in [-0.2, -0.15) is 0 Å².